The number of rotatable bonds is 10. The molecule has 6 rings (SSSR count). The van der Waals surface area contributed by atoms with Crippen LogP contribution in [0.25, 0.3) is 0 Å². The van der Waals surface area contributed by atoms with Gasteiger partial charge >= 0.3 is 5.97 Å². The molecule has 6 aliphatic rings. The smallest absolute Gasteiger partial charge is 0.330 e. The minimum atomic E-state index is -0.502. The van der Waals surface area contributed by atoms with E-state index in [0.29, 0.717) is 19.1 Å². The minimum absolute atomic E-state index is 0.0400. The van der Waals surface area contributed by atoms with Gasteiger partial charge in [-0.2, -0.15) is 0 Å². The van der Waals surface area contributed by atoms with E-state index < -0.39 is 5.60 Å². The third-order valence-electron chi connectivity index (χ3n) is 8.64. The molecule has 4 bridgehead atoms. The van der Waals surface area contributed by atoms with E-state index in [9.17, 15) is 4.79 Å². The van der Waals surface area contributed by atoms with Gasteiger partial charge < -0.3 is 23.7 Å². The van der Waals surface area contributed by atoms with Gasteiger partial charge in [-0.15, -0.1) is 0 Å². The summed E-state index contributed by atoms with van der Waals surface area (Å²) in [5, 5.41) is 0. The van der Waals surface area contributed by atoms with Crippen LogP contribution < -0.4 is 0 Å². The summed E-state index contributed by atoms with van der Waals surface area (Å²) in [6.45, 7) is 11.0. The van der Waals surface area contributed by atoms with Crippen LogP contribution in [0.3, 0.4) is 0 Å². The molecule has 6 heteroatoms. The molecule has 174 valence electrons. The Morgan fingerprint density at radius 3 is 1.77 bits per heavy atom. The van der Waals surface area contributed by atoms with Crippen molar-refractivity contribution in [2.24, 2.45) is 5.92 Å². The average Bonchev–Trinajstić information content (AvgIpc) is 2.63. The molecule has 0 radical (unpaired) electrons. The first-order chi connectivity index (χ1) is 14.7. The van der Waals surface area contributed by atoms with Gasteiger partial charge in [0, 0.05) is 25.3 Å². The van der Waals surface area contributed by atoms with Gasteiger partial charge in [-0.05, 0) is 64.7 Å². The molecule has 4 unspecified atom stereocenters. The first kappa shape index (κ1) is 21.9. The first-order valence-corrected chi connectivity index (χ1v) is 12.1. The maximum atomic E-state index is 12.2. The maximum absolute atomic E-state index is 12.2. The lowest BCUT2D eigenvalue weighted by atomic mass is 9.50. The molecule has 0 spiro atoms. The Hall–Kier alpha value is -0.950. The summed E-state index contributed by atoms with van der Waals surface area (Å²) < 4.78 is 30.9. The van der Waals surface area contributed by atoms with Crippen molar-refractivity contribution in [2.45, 2.75) is 106 Å². The molecule has 4 atom stereocenters. The molecule has 4 saturated carbocycles. The molecule has 0 aromatic rings. The number of hydrogen-bond acceptors (Lipinski definition) is 6. The van der Waals surface area contributed by atoms with Crippen LogP contribution in [0, 0.1) is 5.92 Å². The molecule has 0 N–H and O–H groups in total. The van der Waals surface area contributed by atoms with E-state index in [1.807, 2.05) is 0 Å². The summed E-state index contributed by atoms with van der Waals surface area (Å²) in [6, 6.07) is 0. The van der Waals surface area contributed by atoms with Crippen LogP contribution >= 0.6 is 0 Å². The van der Waals surface area contributed by atoms with Crippen LogP contribution in [0.15, 0.2) is 12.7 Å². The fourth-order valence-electron chi connectivity index (χ4n) is 7.13. The van der Waals surface area contributed by atoms with Crippen molar-refractivity contribution in [1.29, 1.82) is 0 Å². The Morgan fingerprint density at radius 2 is 1.35 bits per heavy atom. The van der Waals surface area contributed by atoms with Crippen LogP contribution in [0.1, 0.15) is 78.1 Å². The number of esters is 1. The molecule has 0 aromatic carbocycles. The minimum Gasteiger partial charge on any atom is -0.456 e. The predicted octanol–water partition coefficient (Wildman–Crippen LogP) is 4.10. The second-order valence-corrected chi connectivity index (χ2v) is 11.5. The van der Waals surface area contributed by atoms with Gasteiger partial charge in [0.05, 0.1) is 48.8 Å². The molecule has 6 nitrogen and oxygen atoms in total. The molecular formula is C25H38O6. The van der Waals surface area contributed by atoms with Gasteiger partial charge in [0.1, 0.15) is 5.60 Å². The summed E-state index contributed by atoms with van der Waals surface area (Å²) in [5.74, 6) is 0.123. The summed E-state index contributed by atoms with van der Waals surface area (Å²) in [4.78, 5) is 12.2. The van der Waals surface area contributed by atoms with E-state index in [1.165, 1.54) is 6.08 Å². The third-order valence-corrected chi connectivity index (χ3v) is 8.64. The molecule has 0 aromatic heterocycles. The van der Waals surface area contributed by atoms with E-state index in [0.717, 1.165) is 77.4 Å². The largest absolute Gasteiger partial charge is 0.456 e. The topological polar surface area (TPSA) is 63.2 Å². The highest BCUT2D eigenvalue weighted by Gasteiger charge is 2.66. The van der Waals surface area contributed by atoms with E-state index in [2.05, 4.69) is 20.4 Å². The van der Waals surface area contributed by atoms with Crippen molar-refractivity contribution in [3.05, 3.63) is 12.7 Å². The summed E-state index contributed by atoms with van der Waals surface area (Å²) in [5.41, 5.74) is -1.14. The van der Waals surface area contributed by atoms with Crippen LogP contribution in [-0.4, -0.2) is 60.4 Å². The van der Waals surface area contributed by atoms with Crippen molar-refractivity contribution in [3.8, 4) is 0 Å². The number of carbonyl (C=O) groups is 1. The van der Waals surface area contributed by atoms with E-state index in [4.69, 9.17) is 23.7 Å². The standard InChI is InChI=1S/C25H38O6/c1-4-20(26)31-25-15-19-13-23(17-25,29-11-7-21(2)5-9-27-21)16-24(14-19,18-25)30-12-8-22(3)6-10-28-22/h4,19H,1,5-18H2,2-3H3. The van der Waals surface area contributed by atoms with Crippen molar-refractivity contribution < 1.29 is 28.5 Å². The Bertz CT molecular complexity index is 682. The molecular weight excluding hydrogens is 396 g/mol. The van der Waals surface area contributed by atoms with E-state index in [-0.39, 0.29) is 28.4 Å². The molecule has 0 amide bonds. The SMILES string of the molecule is C=CC(=O)OC12CC3CC(OCCC4(C)CCO4)(CC(OCCC4(C)CCO4)(C3)C1)C2. The Kier molecular flexibility index (Phi) is 5.32. The van der Waals surface area contributed by atoms with Gasteiger partial charge in [0.25, 0.3) is 0 Å². The zero-order valence-corrected chi connectivity index (χ0v) is 19.2. The summed E-state index contributed by atoms with van der Waals surface area (Å²) in [7, 11) is 0. The van der Waals surface area contributed by atoms with Gasteiger partial charge in [-0.1, -0.05) is 6.58 Å². The van der Waals surface area contributed by atoms with Crippen molar-refractivity contribution in [1.82, 2.24) is 0 Å². The summed E-state index contributed by atoms with van der Waals surface area (Å²) >= 11 is 0. The van der Waals surface area contributed by atoms with Crippen LogP contribution in [0.4, 0.5) is 0 Å². The number of carbonyl (C=O) groups excluding carboxylic acids is 1. The van der Waals surface area contributed by atoms with Crippen molar-refractivity contribution in [3.63, 3.8) is 0 Å². The van der Waals surface area contributed by atoms with Gasteiger partial charge in [0.15, 0.2) is 0 Å². The predicted molar refractivity (Wildman–Crippen MR) is 115 cm³/mol. The third kappa shape index (κ3) is 4.21. The van der Waals surface area contributed by atoms with Crippen molar-refractivity contribution >= 4 is 5.97 Å². The van der Waals surface area contributed by atoms with E-state index in [1.54, 1.807) is 0 Å². The monoisotopic (exact) mass is 434 g/mol. The zero-order valence-electron chi connectivity index (χ0n) is 19.2. The highest BCUT2D eigenvalue weighted by atomic mass is 16.6. The molecule has 31 heavy (non-hydrogen) atoms. The van der Waals surface area contributed by atoms with Gasteiger partial charge in [-0.3, -0.25) is 0 Å². The Morgan fingerprint density at radius 1 is 0.903 bits per heavy atom. The maximum Gasteiger partial charge on any atom is 0.330 e. The lowest BCUT2D eigenvalue weighted by Crippen LogP contribution is -2.68. The molecule has 6 fully saturated rings. The average molecular weight is 435 g/mol. The fourth-order valence-corrected chi connectivity index (χ4v) is 7.13. The second kappa shape index (κ2) is 7.54. The van der Waals surface area contributed by atoms with E-state index >= 15 is 0 Å². The Labute approximate surface area is 186 Å². The van der Waals surface area contributed by atoms with Crippen LogP contribution in [0.2, 0.25) is 0 Å². The zero-order chi connectivity index (χ0) is 21.8. The lowest BCUT2D eigenvalue weighted by molar-refractivity contribution is -0.288. The number of hydrogen-bond donors (Lipinski definition) is 0. The molecule has 2 aliphatic heterocycles. The molecule has 2 saturated heterocycles. The van der Waals surface area contributed by atoms with Gasteiger partial charge in [0.2, 0.25) is 0 Å². The summed E-state index contributed by atoms with van der Waals surface area (Å²) in [6.07, 6.45) is 10.7. The highest BCUT2D eigenvalue weighted by Crippen LogP contribution is 2.63. The van der Waals surface area contributed by atoms with Crippen molar-refractivity contribution in [2.75, 3.05) is 26.4 Å². The number of ether oxygens (including phenoxy) is 5. The van der Waals surface area contributed by atoms with Gasteiger partial charge in [-0.25, -0.2) is 4.79 Å². The molecule has 4 aliphatic carbocycles. The second-order valence-electron chi connectivity index (χ2n) is 11.5. The van der Waals surface area contributed by atoms with Crippen LogP contribution in [-0.2, 0) is 28.5 Å². The Balaban J connectivity index is 1.30. The quantitative estimate of drug-likeness (QED) is 0.381. The lowest BCUT2D eigenvalue weighted by Gasteiger charge is -2.64. The molecule has 2 heterocycles. The fraction of sp³-hybridized carbons (Fsp3) is 0.880. The first-order valence-electron chi connectivity index (χ1n) is 12.1. The normalized spacial score (nSPS) is 47.5. The highest BCUT2D eigenvalue weighted by molar-refractivity contribution is 5.81. The van der Waals surface area contributed by atoms with Crippen LogP contribution in [0.5, 0.6) is 0 Å².